The van der Waals surface area contributed by atoms with Crippen LogP contribution in [0.2, 0.25) is 5.02 Å². The Morgan fingerprint density at radius 1 is 1.32 bits per heavy atom. The Morgan fingerprint density at radius 2 is 2.06 bits per heavy atom. The second-order valence-electron chi connectivity index (χ2n) is 9.04. The van der Waals surface area contributed by atoms with E-state index in [1.165, 1.54) is 18.2 Å². The van der Waals surface area contributed by atoms with Gasteiger partial charge in [0.25, 0.3) is 0 Å². The van der Waals surface area contributed by atoms with Gasteiger partial charge in [0.2, 0.25) is 0 Å². The van der Waals surface area contributed by atoms with E-state index < -0.39 is 0 Å². The van der Waals surface area contributed by atoms with Gasteiger partial charge in [0.15, 0.2) is 0 Å². The van der Waals surface area contributed by atoms with Gasteiger partial charge in [-0.3, -0.25) is 0 Å². The first-order valence-electron chi connectivity index (χ1n) is 10.8. The molecule has 2 fully saturated rings. The molecule has 2 saturated heterocycles. The van der Waals surface area contributed by atoms with Gasteiger partial charge in [-0.1, -0.05) is 30.3 Å². The molecule has 6 nitrogen and oxygen atoms in total. The van der Waals surface area contributed by atoms with Crippen LogP contribution in [0.1, 0.15) is 43.0 Å². The lowest BCUT2D eigenvalue weighted by molar-refractivity contribution is -0.0489. The lowest BCUT2D eigenvalue weighted by Crippen LogP contribution is -2.46. The summed E-state index contributed by atoms with van der Waals surface area (Å²) in [5.41, 5.74) is 10.2. The maximum Gasteiger partial charge on any atom is 0.143 e. The first-order valence-corrected chi connectivity index (χ1v) is 12.0. The topological polar surface area (TPSA) is 84.5 Å². The molecule has 2 aliphatic rings. The van der Waals surface area contributed by atoms with E-state index in [-0.39, 0.29) is 6.61 Å². The predicted molar refractivity (Wildman–Crippen MR) is 126 cm³/mol. The first kappa shape index (κ1) is 22.6. The Kier molecular flexibility index (Phi) is 6.68. The molecule has 168 valence electrons. The van der Waals surface area contributed by atoms with Crippen LogP contribution in [0.5, 0.6) is 0 Å². The van der Waals surface area contributed by atoms with E-state index in [9.17, 15) is 5.11 Å². The largest absolute Gasteiger partial charge is 0.390 e. The molecular weight excluding hydrogens is 432 g/mol. The van der Waals surface area contributed by atoms with Crippen molar-refractivity contribution >= 4 is 34.9 Å². The molecule has 0 aliphatic carbocycles. The van der Waals surface area contributed by atoms with Gasteiger partial charge in [0.1, 0.15) is 10.8 Å². The molecule has 31 heavy (non-hydrogen) atoms. The van der Waals surface area contributed by atoms with Crippen molar-refractivity contribution in [1.29, 1.82) is 0 Å². The van der Waals surface area contributed by atoms with Gasteiger partial charge in [-0.25, -0.2) is 9.97 Å². The summed E-state index contributed by atoms with van der Waals surface area (Å²) in [5, 5.41) is 11.4. The number of anilines is 2. The minimum absolute atomic E-state index is 0.0992. The van der Waals surface area contributed by atoms with Crippen LogP contribution >= 0.6 is 23.4 Å². The molecule has 4 heterocycles. The number of nitrogen functional groups attached to an aromatic ring is 1. The Hall–Kier alpha value is -1.54. The fourth-order valence-corrected chi connectivity index (χ4v) is 6.18. The van der Waals surface area contributed by atoms with Crippen LogP contribution in [-0.4, -0.2) is 41.4 Å². The highest BCUT2D eigenvalue weighted by molar-refractivity contribution is 7.99. The van der Waals surface area contributed by atoms with Crippen LogP contribution in [0.25, 0.3) is 0 Å². The van der Waals surface area contributed by atoms with E-state index >= 15 is 0 Å². The van der Waals surface area contributed by atoms with Gasteiger partial charge in [0, 0.05) is 30.8 Å². The van der Waals surface area contributed by atoms with Gasteiger partial charge < -0.3 is 20.5 Å². The van der Waals surface area contributed by atoms with Crippen molar-refractivity contribution in [1.82, 2.24) is 9.97 Å². The zero-order valence-electron chi connectivity index (χ0n) is 18.4. The summed E-state index contributed by atoms with van der Waals surface area (Å²) >= 11 is 7.80. The zero-order valence-corrected chi connectivity index (χ0v) is 20.0. The van der Waals surface area contributed by atoms with E-state index in [1.807, 2.05) is 6.07 Å². The van der Waals surface area contributed by atoms with Crippen molar-refractivity contribution in [2.24, 2.45) is 11.3 Å². The quantitative estimate of drug-likeness (QED) is 0.685. The minimum atomic E-state index is -0.0992. The van der Waals surface area contributed by atoms with E-state index in [0.29, 0.717) is 27.9 Å². The van der Waals surface area contributed by atoms with Crippen LogP contribution in [0.15, 0.2) is 22.2 Å². The molecule has 4 rings (SSSR count). The van der Waals surface area contributed by atoms with Crippen molar-refractivity contribution in [2.45, 2.75) is 56.6 Å². The summed E-state index contributed by atoms with van der Waals surface area (Å²) in [4.78, 5) is 12.1. The lowest BCUT2D eigenvalue weighted by Gasteiger charge is -2.46. The van der Waals surface area contributed by atoms with Crippen molar-refractivity contribution in [3.63, 3.8) is 0 Å². The number of halogens is 1. The molecule has 2 aromatic rings. The smallest absolute Gasteiger partial charge is 0.143 e. The molecule has 0 unspecified atom stereocenters. The third-order valence-electron chi connectivity index (χ3n) is 6.72. The van der Waals surface area contributed by atoms with Crippen LogP contribution in [0.3, 0.4) is 0 Å². The maximum absolute atomic E-state index is 10.2. The average Bonchev–Trinajstić information content (AvgIpc) is 2.75. The molecule has 0 amide bonds. The van der Waals surface area contributed by atoms with Crippen LogP contribution in [0.4, 0.5) is 11.5 Å². The molecular formula is C23H31ClN4O2S. The Morgan fingerprint density at radius 3 is 2.74 bits per heavy atom. The van der Waals surface area contributed by atoms with Gasteiger partial charge >= 0.3 is 0 Å². The fourth-order valence-electron chi connectivity index (χ4n) is 4.95. The third-order valence-corrected chi connectivity index (χ3v) is 8.38. The van der Waals surface area contributed by atoms with E-state index in [0.717, 1.165) is 65.9 Å². The molecule has 0 radical (unpaired) electrons. The van der Waals surface area contributed by atoms with Gasteiger partial charge in [-0.2, -0.15) is 0 Å². The average molecular weight is 463 g/mol. The molecule has 2 aromatic heterocycles. The molecule has 1 spiro atoms. The van der Waals surface area contributed by atoms with Crippen molar-refractivity contribution < 1.29 is 9.84 Å². The highest BCUT2D eigenvalue weighted by Crippen LogP contribution is 2.44. The highest BCUT2D eigenvalue weighted by Gasteiger charge is 2.39. The number of pyridine rings is 2. The number of rotatable bonds is 4. The van der Waals surface area contributed by atoms with Crippen LogP contribution in [0, 0.1) is 25.2 Å². The van der Waals surface area contributed by atoms with Gasteiger partial charge in [0.05, 0.1) is 29.6 Å². The molecule has 2 aliphatic heterocycles. The summed E-state index contributed by atoms with van der Waals surface area (Å²) < 4.78 is 5.90. The monoisotopic (exact) mass is 462 g/mol. The van der Waals surface area contributed by atoms with E-state index in [2.05, 4.69) is 30.7 Å². The van der Waals surface area contributed by atoms with E-state index in [4.69, 9.17) is 27.1 Å². The molecule has 1 atom stereocenters. The number of piperidine rings is 1. The Labute approximate surface area is 193 Å². The number of aliphatic hydroxyl groups excluding tert-OH is 1. The lowest BCUT2D eigenvalue weighted by atomic mass is 9.71. The van der Waals surface area contributed by atoms with Crippen LogP contribution < -0.4 is 10.6 Å². The number of aromatic nitrogens is 2. The van der Waals surface area contributed by atoms with Gasteiger partial charge in [-0.15, -0.1) is 0 Å². The number of nitrogens with zero attached hydrogens (tertiary/aromatic N) is 3. The third kappa shape index (κ3) is 4.51. The second kappa shape index (κ2) is 9.14. The number of aliphatic hydroxyl groups is 1. The molecule has 0 bridgehead atoms. The zero-order chi connectivity index (χ0) is 22.2. The summed E-state index contributed by atoms with van der Waals surface area (Å²) in [5.74, 6) is 0.938. The molecule has 0 aromatic carbocycles. The number of hydrogen-bond acceptors (Lipinski definition) is 7. The summed E-state index contributed by atoms with van der Waals surface area (Å²) in [6, 6.07) is 1.84. The number of nitrogens with two attached hydrogens (primary N) is 1. The Bertz CT molecular complexity index is 963. The van der Waals surface area contributed by atoms with Crippen molar-refractivity contribution in [2.75, 3.05) is 36.9 Å². The highest BCUT2D eigenvalue weighted by atomic mass is 35.5. The molecule has 3 N–H and O–H groups in total. The second-order valence-corrected chi connectivity index (χ2v) is 10.5. The summed E-state index contributed by atoms with van der Waals surface area (Å²) in [6.07, 6.45) is 5.12. The minimum Gasteiger partial charge on any atom is -0.390 e. The van der Waals surface area contributed by atoms with Gasteiger partial charge in [-0.05, 0) is 61.6 Å². The fraction of sp³-hybridized carbons (Fsp3) is 0.565. The molecule has 0 saturated carbocycles. The van der Waals surface area contributed by atoms with Crippen LogP contribution in [-0.2, 0) is 11.3 Å². The SMILES string of the molecule is Cc1c(Sc2ccnc(N)c2Cl)nc(CO)c(N2CCC3(CC2)COC[C@@H](C)C3)c1C. The maximum atomic E-state index is 10.2. The first-order chi connectivity index (χ1) is 14.8. The van der Waals surface area contributed by atoms with Crippen molar-refractivity contribution in [3.05, 3.63) is 34.1 Å². The molecule has 8 heteroatoms. The number of ether oxygens (including phenoxy) is 1. The normalized spacial score (nSPS) is 20.9. The summed E-state index contributed by atoms with van der Waals surface area (Å²) in [6.45, 7) is 10.1. The standard InChI is InChI=1S/C23H31ClN4O2S/c1-14-10-23(13-30-12-14)5-8-28(9-6-23)20-15(2)16(3)22(27-17(20)11-29)31-18-4-7-26-21(25)19(18)24/h4,7,14,29H,5-6,8-13H2,1-3H3,(H2,25,26)/t14-/m0/s1. The Balaban J connectivity index is 1.59. The summed E-state index contributed by atoms with van der Waals surface area (Å²) in [7, 11) is 0. The number of hydrogen-bond donors (Lipinski definition) is 2. The predicted octanol–water partition coefficient (Wildman–Crippen LogP) is 4.62. The van der Waals surface area contributed by atoms with Crippen molar-refractivity contribution in [3.8, 4) is 0 Å². The van der Waals surface area contributed by atoms with E-state index in [1.54, 1.807) is 6.20 Å².